The van der Waals surface area contributed by atoms with Gasteiger partial charge in [-0.1, -0.05) is 43.7 Å². The molecule has 5 N–H and O–H groups in total. The largest absolute Gasteiger partial charge is 0.504 e. The maximum absolute atomic E-state index is 14.3. The zero-order valence-corrected chi connectivity index (χ0v) is 29.6. The number of aromatic nitrogens is 1. The highest BCUT2D eigenvalue weighted by Crippen LogP contribution is 2.30. The number of halogens is 1. The summed E-state index contributed by atoms with van der Waals surface area (Å²) in [5.74, 6) is -3.37. The number of rotatable bonds is 3. The van der Waals surface area contributed by atoms with Gasteiger partial charge in [-0.15, -0.1) is 0 Å². The Morgan fingerprint density at radius 3 is 2.40 bits per heavy atom. The molecule has 48 heavy (non-hydrogen) atoms. The van der Waals surface area contributed by atoms with Crippen LogP contribution in [-0.4, -0.2) is 69.0 Å². The fourth-order valence-electron chi connectivity index (χ4n) is 6.06. The van der Waals surface area contributed by atoms with Crippen LogP contribution in [-0.2, 0) is 30.3 Å². The number of benzene rings is 2. The number of ether oxygens (including phenoxy) is 1. The standard InChI is InChI=1S/C36H43BrN4O7/c1-19-13-20(2)15-22(4)48-32(44)18-28(24-11-12-30(42)31(43)16-24)40-35(46)29(17-26-25-9-7-8-10-27(25)39-33(26)37)41(6)36(47)23(5)38-34(45)21(3)14-19/h7-13,16,18,20-23,29,39,42-43H,14-15,17H2,1-6H3,(H,38,45)(H,40,46)/b19-13+,28-18-/t20-,21-,22-,23-,29+/m0/s1. The molecule has 12 heteroatoms. The number of para-hydroxylation sites is 1. The Kier molecular flexibility index (Phi) is 11.7. The van der Waals surface area contributed by atoms with Crippen molar-refractivity contribution < 1.29 is 34.1 Å². The molecule has 256 valence electrons. The van der Waals surface area contributed by atoms with Gasteiger partial charge in [-0.3, -0.25) is 14.4 Å². The Morgan fingerprint density at radius 1 is 0.979 bits per heavy atom. The summed E-state index contributed by atoms with van der Waals surface area (Å²) in [5.41, 5.74) is 2.78. The van der Waals surface area contributed by atoms with Crippen LogP contribution in [0.1, 0.15) is 58.6 Å². The van der Waals surface area contributed by atoms with Crippen molar-refractivity contribution >= 4 is 56.2 Å². The van der Waals surface area contributed by atoms with Gasteiger partial charge in [0.2, 0.25) is 17.7 Å². The van der Waals surface area contributed by atoms with E-state index in [0.29, 0.717) is 17.4 Å². The van der Waals surface area contributed by atoms with E-state index in [1.54, 1.807) is 20.8 Å². The predicted molar refractivity (Wildman–Crippen MR) is 187 cm³/mol. The number of H-pyrrole nitrogens is 1. The fourth-order valence-corrected chi connectivity index (χ4v) is 6.65. The lowest BCUT2D eigenvalue weighted by Gasteiger charge is -2.30. The number of fused-ring (bicyclic) bond motifs is 1. The molecule has 0 fully saturated rings. The first-order chi connectivity index (χ1) is 22.6. The highest BCUT2D eigenvalue weighted by Gasteiger charge is 2.33. The van der Waals surface area contributed by atoms with Crippen LogP contribution in [0.3, 0.4) is 0 Å². The van der Waals surface area contributed by atoms with E-state index in [-0.39, 0.29) is 35.3 Å². The molecular formula is C36H43BrN4O7. The van der Waals surface area contributed by atoms with Gasteiger partial charge < -0.3 is 35.5 Å². The second-order valence-electron chi connectivity index (χ2n) is 12.7. The lowest BCUT2D eigenvalue weighted by molar-refractivity contribution is -0.142. The smallest absolute Gasteiger partial charge is 0.333 e. The third-order valence-corrected chi connectivity index (χ3v) is 9.16. The number of cyclic esters (lactones) is 1. The van der Waals surface area contributed by atoms with E-state index >= 15 is 0 Å². The van der Waals surface area contributed by atoms with Crippen LogP contribution >= 0.6 is 15.9 Å². The lowest BCUT2D eigenvalue weighted by Crippen LogP contribution is -2.54. The molecule has 11 nitrogen and oxygen atoms in total. The summed E-state index contributed by atoms with van der Waals surface area (Å²) in [7, 11) is 1.49. The summed E-state index contributed by atoms with van der Waals surface area (Å²) in [4.78, 5) is 59.0. The van der Waals surface area contributed by atoms with Gasteiger partial charge in [0.25, 0.3) is 0 Å². The van der Waals surface area contributed by atoms with Gasteiger partial charge in [-0.2, -0.15) is 0 Å². The molecule has 3 aromatic rings. The van der Waals surface area contributed by atoms with Crippen molar-refractivity contribution in [2.75, 3.05) is 7.05 Å². The van der Waals surface area contributed by atoms with Crippen molar-refractivity contribution in [3.8, 4) is 11.5 Å². The molecule has 1 aliphatic heterocycles. The molecule has 2 heterocycles. The molecular weight excluding hydrogens is 680 g/mol. The van der Waals surface area contributed by atoms with Crippen molar-refractivity contribution in [2.24, 2.45) is 11.8 Å². The number of allylic oxidation sites excluding steroid dienone is 2. The van der Waals surface area contributed by atoms with Gasteiger partial charge in [-0.05, 0) is 85.3 Å². The molecule has 4 rings (SSSR count). The molecule has 5 atom stereocenters. The van der Waals surface area contributed by atoms with Crippen LogP contribution < -0.4 is 10.6 Å². The number of hydrogen-bond acceptors (Lipinski definition) is 7. The van der Waals surface area contributed by atoms with Gasteiger partial charge in [-0.25, -0.2) is 4.79 Å². The van der Waals surface area contributed by atoms with Crippen LogP contribution in [0.5, 0.6) is 11.5 Å². The zero-order chi connectivity index (χ0) is 35.3. The minimum absolute atomic E-state index is 0.00628. The third-order valence-electron chi connectivity index (χ3n) is 8.48. The summed E-state index contributed by atoms with van der Waals surface area (Å²) in [6.45, 7) is 9.07. The Morgan fingerprint density at radius 2 is 1.69 bits per heavy atom. The minimum atomic E-state index is -1.12. The van der Waals surface area contributed by atoms with Crippen molar-refractivity contribution in [3.05, 3.63) is 75.9 Å². The summed E-state index contributed by atoms with van der Waals surface area (Å²) >= 11 is 3.57. The minimum Gasteiger partial charge on any atom is -0.504 e. The highest BCUT2D eigenvalue weighted by molar-refractivity contribution is 9.10. The molecule has 0 saturated heterocycles. The Balaban J connectivity index is 1.80. The van der Waals surface area contributed by atoms with Crippen LogP contribution in [0.4, 0.5) is 0 Å². The van der Waals surface area contributed by atoms with E-state index in [1.165, 1.54) is 30.1 Å². The number of nitrogens with one attached hydrogen (secondary N) is 3. The highest BCUT2D eigenvalue weighted by atomic mass is 79.9. The van der Waals surface area contributed by atoms with Gasteiger partial charge in [0.05, 0.1) is 16.4 Å². The normalized spacial score (nSPS) is 26.2. The summed E-state index contributed by atoms with van der Waals surface area (Å²) in [6.07, 6.45) is 3.72. The second kappa shape index (κ2) is 15.5. The average Bonchev–Trinajstić information content (AvgIpc) is 3.33. The number of aromatic amines is 1. The lowest BCUT2D eigenvalue weighted by atomic mass is 9.95. The fraction of sp³-hybridized carbons (Fsp3) is 0.389. The first-order valence-electron chi connectivity index (χ1n) is 15.9. The number of hydrogen-bond donors (Lipinski definition) is 5. The topological polar surface area (TPSA) is 161 Å². The molecule has 0 bridgehead atoms. The first kappa shape index (κ1) is 36.3. The number of carbonyl (C=O) groups is 4. The molecule has 0 radical (unpaired) electrons. The van der Waals surface area contributed by atoms with Crippen molar-refractivity contribution in [1.29, 1.82) is 0 Å². The van der Waals surface area contributed by atoms with Gasteiger partial charge in [0, 0.05) is 41.9 Å². The average molecular weight is 724 g/mol. The molecule has 0 aliphatic carbocycles. The number of amides is 3. The summed E-state index contributed by atoms with van der Waals surface area (Å²) in [5, 5.41) is 26.6. The van der Waals surface area contributed by atoms with Gasteiger partial charge in [0.1, 0.15) is 12.1 Å². The van der Waals surface area contributed by atoms with E-state index in [2.05, 4.69) is 31.5 Å². The number of nitrogens with zero attached hydrogens (tertiary/aromatic N) is 1. The maximum Gasteiger partial charge on any atom is 0.333 e. The SMILES string of the molecule is C/C1=C\[C@H](C)C[C@H](C)OC(=O)/C=C(/c2ccc(O)c(O)c2)NC(=O)[C@@H](Cc2c(Br)[nH]c3ccccc23)N(C)C(=O)[C@H](C)NC(=O)[C@@H](C)C1. The molecule has 0 saturated carbocycles. The Hall–Kier alpha value is -4.58. The third kappa shape index (κ3) is 8.85. The van der Waals surface area contributed by atoms with Gasteiger partial charge in [0.15, 0.2) is 11.5 Å². The monoisotopic (exact) mass is 722 g/mol. The van der Waals surface area contributed by atoms with E-state index in [9.17, 15) is 29.4 Å². The summed E-state index contributed by atoms with van der Waals surface area (Å²) in [6, 6.07) is 9.35. The maximum atomic E-state index is 14.3. The van der Waals surface area contributed by atoms with Gasteiger partial charge >= 0.3 is 5.97 Å². The predicted octanol–water partition coefficient (Wildman–Crippen LogP) is 5.32. The van der Waals surface area contributed by atoms with Crippen molar-refractivity contribution in [2.45, 2.75) is 72.1 Å². The molecule has 0 spiro atoms. The van der Waals surface area contributed by atoms with Crippen LogP contribution in [0, 0.1) is 11.8 Å². The Labute approximate surface area is 288 Å². The van der Waals surface area contributed by atoms with Crippen LogP contribution in [0.2, 0.25) is 0 Å². The van der Waals surface area contributed by atoms with Crippen LogP contribution in [0.25, 0.3) is 16.6 Å². The van der Waals surface area contributed by atoms with Crippen LogP contribution in [0.15, 0.2) is 64.8 Å². The van der Waals surface area contributed by atoms with E-state index in [4.69, 9.17) is 4.74 Å². The molecule has 3 amide bonds. The summed E-state index contributed by atoms with van der Waals surface area (Å²) < 4.78 is 6.32. The zero-order valence-electron chi connectivity index (χ0n) is 28.0. The van der Waals surface area contributed by atoms with E-state index < -0.39 is 47.6 Å². The second-order valence-corrected chi connectivity index (χ2v) is 13.5. The van der Waals surface area contributed by atoms with Crippen molar-refractivity contribution in [3.63, 3.8) is 0 Å². The molecule has 2 aromatic carbocycles. The number of carbonyl (C=O) groups excluding carboxylic acids is 4. The van der Waals surface area contributed by atoms with E-state index in [0.717, 1.165) is 28.1 Å². The quantitative estimate of drug-likeness (QED) is 0.139. The molecule has 1 aliphatic rings. The Bertz CT molecular complexity index is 1760. The number of esters is 1. The first-order valence-corrected chi connectivity index (χ1v) is 16.7. The number of aromatic hydroxyl groups is 2. The number of phenolic OH excluding ortho intramolecular Hbond substituents is 2. The molecule has 1 aromatic heterocycles. The number of likely N-dealkylation sites (N-methyl/N-ethyl adjacent to an activating group) is 1. The molecule has 0 unspecified atom stereocenters. The van der Waals surface area contributed by atoms with E-state index in [1.807, 2.05) is 44.2 Å². The number of phenols is 2. The van der Waals surface area contributed by atoms with Crippen molar-refractivity contribution in [1.82, 2.24) is 20.5 Å².